The molecule has 0 N–H and O–H groups in total. The number of rotatable bonds is 4. The number of hydrogen-bond acceptors (Lipinski definition) is 7. The van der Waals surface area contributed by atoms with Gasteiger partial charge in [-0.1, -0.05) is 66.0 Å². The lowest BCUT2D eigenvalue weighted by Gasteiger charge is -2.02. The zero-order valence-electron chi connectivity index (χ0n) is 21.2. The van der Waals surface area contributed by atoms with Gasteiger partial charge in [-0.2, -0.15) is 13.4 Å². The van der Waals surface area contributed by atoms with Crippen molar-refractivity contribution in [1.82, 2.24) is 19.9 Å². The molecule has 4 rings (SSSR count). The summed E-state index contributed by atoms with van der Waals surface area (Å²) >= 11 is 23.1. The van der Waals surface area contributed by atoms with Crippen molar-refractivity contribution in [2.75, 3.05) is 0 Å². The predicted molar refractivity (Wildman–Crippen MR) is 192 cm³/mol. The summed E-state index contributed by atoms with van der Waals surface area (Å²) in [6, 6.07) is 14.0. The molecule has 0 aliphatic heterocycles. The van der Waals surface area contributed by atoms with Crippen LogP contribution in [0.3, 0.4) is 0 Å². The molecule has 0 aliphatic carbocycles. The number of sulfone groups is 1. The Morgan fingerprint density at radius 3 is 1.16 bits per heavy atom. The van der Waals surface area contributed by atoms with E-state index < -0.39 is 9.84 Å². The lowest BCUT2D eigenvalue weighted by atomic mass is 10.5. The van der Waals surface area contributed by atoms with Crippen LogP contribution in [0.1, 0.15) is 8.77 Å². The van der Waals surface area contributed by atoms with Gasteiger partial charge in [0.15, 0.2) is 10.1 Å². The zero-order valence-corrected chi connectivity index (χ0v) is 33.6. The molecule has 2 atom stereocenters. The van der Waals surface area contributed by atoms with E-state index in [0.29, 0.717) is 0 Å². The fourth-order valence-electron chi connectivity index (χ4n) is 2.10. The first-order valence-electron chi connectivity index (χ1n) is 10.5. The molecule has 0 amide bonds. The van der Waals surface area contributed by atoms with Gasteiger partial charge in [0.1, 0.15) is 10.1 Å². The minimum atomic E-state index is -3.64. The van der Waals surface area contributed by atoms with Crippen LogP contribution in [0, 0.1) is 0 Å². The zero-order chi connectivity index (χ0) is 31.1. The lowest BCUT2D eigenvalue weighted by molar-refractivity contribution is 0.588. The van der Waals surface area contributed by atoms with Crippen LogP contribution in [-0.4, -0.2) is 29.5 Å². The molecule has 0 bridgehead atoms. The third-order valence-corrected chi connectivity index (χ3v) is 7.92. The summed E-state index contributed by atoms with van der Waals surface area (Å²) in [5.41, 5.74) is 0. The van der Waals surface area contributed by atoms with Gasteiger partial charge in [0, 0.05) is 44.0 Å². The second-order valence-corrected chi connectivity index (χ2v) is 12.4. The molecule has 0 aromatic carbocycles. The standard InChI is InChI=1S/C10H6Br2N2O2S.C10H6Br2N2S.CH4.2BrH2P.H2S/c11-7-1-3-9(13-5-7)17(15,16)10-4-2-8(12)6-14-10;11-7-1-3-9(13-5-7)15-10-4-2-8(12)6-14-10;;2*1-2;/h1-6H;1-6H;1H4;2*2H2;1H2/i;;1D;;;/hD. The van der Waals surface area contributed by atoms with Gasteiger partial charge in [0.25, 0.3) is 0 Å². The van der Waals surface area contributed by atoms with Crippen molar-refractivity contribution in [3.05, 3.63) is 91.2 Å². The van der Waals surface area contributed by atoms with E-state index in [1.807, 2.05) is 24.3 Å². The fraction of sp³-hybridized carbons (Fsp3) is 0.0476. The number of hydrogen-bond donors (Lipinski definition) is 0. The van der Waals surface area contributed by atoms with E-state index in [9.17, 15) is 8.42 Å². The van der Waals surface area contributed by atoms with Crippen LogP contribution < -0.4 is 0 Å². The van der Waals surface area contributed by atoms with Crippen LogP contribution in [0.2, 0.25) is 0 Å². The summed E-state index contributed by atoms with van der Waals surface area (Å²) in [7, 11) is 2.07. The molecule has 2 unspecified atom stereocenters. The highest BCUT2D eigenvalue weighted by molar-refractivity contribution is 9.34. The molecule has 0 spiro atoms. The number of halogens is 6. The van der Waals surface area contributed by atoms with Crippen molar-refractivity contribution in [2.45, 2.75) is 27.5 Å². The second-order valence-electron chi connectivity index (χ2n) is 5.86. The first kappa shape index (κ1) is 37.0. The topological polar surface area (TPSA) is 85.7 Å². The summed E-state index contributed by atoms with van der Waals surface area (Å²) < 4.78 is 38.8. The van der Waals surface area contributed by atoms with Crippen LogP contribution in [-0.2, 0) is 9.84 Å². The van der Waals surface area contributed by atoms with Gasteiger partial charge in [-0.25, -0.2) is 28.4 Å². The van der Waals surface area contributed by atoms with Crippen molar-refractivity contribution in [1.29, 1.82) is 1.12 Å². The maximum absolute atomic E-state index is 12.1. The average Bonchev–Trinajstić information content (AvgIpc) is 3.00. The molecule has 0 radical (unpaired) electrons. The third-order valence-electron chi connectivity index (χ3n) is 3.56. The van der Waals surface area contributed by atoms with Crippen LogP contribution in [0.25, 0.3) is 0 Å². The monoisotopic (exact) mass is 996 g/mol. The van der Waals surface area contributed by atoms with Gasteiger partial charge in [0.05, 0.1) is 1.12 Å². The Hall–Kier alpha value is 0.990. The molecule has 38 heavy (non-hydrogen) atoms. The lowest BCUT2D eigenvalue weighted by Crippen LogP contribution is -2.06. The van der Waals surface area contributed by atoms with Crippen LogP contribution in [0.15, 0.2) is 111 Å². The van der Waals surface area contributed by atoms with Gasteiger partial charge in [0.2, 0.25) is 9.84 Å². The van der Waals surface area contributed by atoms with Crippen LogP contribution in [0.5, 0.6) is 0 Å². The SMILES string of the molecule is Brc1ccc(Sc2ccc(Br)cn2)nc1.O=S(=O)(c1ccc(Br)cn1)c1ccc(Br)cn1.PBr.PBr.[2H]C.[2H]S. The Bertz CT molecular complexity index is 1210. The molecule has 0 saturated carbocycles. The Morgan fingerprint density at radius 2 is 0.921 bits per heavy atom. The maximum atomic E-state index is 12.1. The van der Waals surface area contributed by atoms with Crippen molar-refractivity contribution in [3.63, 3.8) is 0 Å². The van der Waals surface area contributed by atoms with Gasteiger partial charge in [-0.15, -0.1) is 0 Å². The molecule has 4 aromatic rings. The first-order chi connectivity index (χ1) is 19.2. The molecule has 17 heteroatoms. The number of aromatic nitrogens is 4. The van der Waals surface area contributed by atoms with Gasteiger partial charge in [-0.05, 0) is 112 Å². The maximum Gasteiger partial charge on any atom is 0.241 e. The Morgan fingerprint density at radius 1 is 0.632 bits per heavy atom. The fourth-order valence-corrected chi connectivity index (χ4v) is 4.83. The smallest absolute Gasteiger partial charge is 0.241 e. The normalized spacial score (nSPS) is 9.84. The summed E-state index contributed by atoms with van der Waals surface area (Å²) in [5.74, 6) is 0. The van der Waals surface area contributed by atoms with E-state index in [4.69, 9.17) is 2.49 Å². The van der Waals surface area contributed by atoms with Crippen LogP contribution >= 0.6 is 136 Å². The molecule has 0 fully saturated rings. The Balaban J connectivity index is 0. The van der Waals surface area contributed by atoms with E-state index >= 15 is 0 Å². The average molecular weight is 1000 g/mol. The summed E-state index contributed by atoms with van der Waals surface area (Å²) in [4.78, 5) is 16.2. The number of pyridine rings is 4. The molecule has 6 nitrogen and oxygen atoms in total. The third kappa shape index (κ3) is 14.8. The Kier molecular flexibility index (Phi) is 22.0. The van der Waals surface area contributed by atoms with Gasteiger partial charge < -0.3 is 0 Å². The highest BCUT2D eigenvalue weighted by Gasteiger charge is 2.20. The van der Waals surface area contributed by atoms with E-state index in [1.165, 1.54) is 31.9 Å². The van der Waals surface area contributed by atoms with E-state index in [0.717, 1.165) is 27.9 Å². The molecular weight excluding hydrogens is 978 g/mol. The van der Waals surface area contributed by atoms with E-state index in [-0.39, 0.29) is 10.1 Å². The molecule has 4 aromatic heterocycles. The summed E-state index contributed by atoms with van der Waals surface area (Å²) in [6.45, 7) is 0. The molecule has 208 valence electrons. The molecule has 0 saturated heterocycles. The van der Waals surface area contributed by atoms with Crippen molar-refractivity contribution < 1.29 is 9.79 Å². The number of nitrogens with zero attached hydrogens (tertiary/aromatic N) is 4. The molecular formula is C21H22Br6N4O2P2S3. The molecule has 0 aliphatic rings. The Labute approximate surface area is 291 Å². The van der Waals surface area contributed by atoms with Crippen molar-refractivity contribution >= 4 is 146 Å². The van der Waals surface area contributed by atoms with Gasteiger partial charge >= 0.3 is 0 Å². The summed E-state index contributed by atoms with van der Waals surface area (Å²) in [5, 5.41) is 1.84. The quantitative estimate of drug-likeness (QED) is 0.188. The van der Waals surface area contributed by atoms with Gasteiger partial charge in [-0.3, -0.25) is 0 Å². The highest BCUT2D eigenvalue weighted by Crippen LogP contribution is 2.25. The predicted octanol–water partition coefficient (Wildman–Crippen LogP) is 10.1. The van der Waals surface area contributed by atoms with Crippen molar-refractivity contribution in [3.8, 4) is 0 Å². The molecule has 4 heterocycles. The largest absolute Gasteiger partial charge is 0.248 e. The highest BCUT2D eigenvalue weighted by atomic mass is 79.9. The summed E-state index contributed by atoms with van der Waals surface area (Å²) in [6.07, 6.45) is 6.43. The second kappa shape index (κ2) is 22.6. The van der Waals surface area contributed by atoms with Crippen LogP contribution in [0.4, 0.5) is 0 Å². The minimum absolute atomic E-state index is 0.0180. The van der Waals surface area contributed by atoms with E-state index in [2.05, 4.69) is 144 Å². The van der Waals surface area contributed by atoms with Crippen molar-refractivity contribution in [2.24, 2.45) is 0 Å². The minimum Gasteiger partial charge on any atom is -0.248 e. The van der Waals surface area contributed by atoms with E-state index in [1.54, 1.807) is 36.3 Å². The first-order valence-corrected chi connectivity index (χ1v) is 20.9.